The van der Waals surface area contributed by atoms with Crippen LogP contribution in [0.4, 0.5) is 17.1 Å². The normalized spacial score (nSPS) is 13.6. The second-order valence-electron chi connectivity index (χ2n) is 21.4. The van der Waals surface area contributed by atoms with Crippen molar-refractivity contribution >= 4 is 38.9 Å². The summed E-state index contributed by atoms with van der Waals surface area (Å²) in [7, 11) is 0. The van der Waals surface area contributed by atoms with Gasteiger partial charge in [0.05, 0.1) is 29.1 Å². The van der Waals surface area contributed by atoms with Gasteiger partial charge in [0, 0.05) is 39.4 Å². The number of rotatable bonds is 12. The Morgan fingerprint density at radius 1 is 0.556 bits per heavy atom. The van der Waals surface area contributed by atoms with E-state index >= 15 is 0 Å². The molecule has 0 spiro atoms. The van der Waals surface area contributed by atoms with Crippen LogP contribution in [-0.2, 0) is 23.9 Å². The molecular weight excluding hydrogens is 877 g/mol. The van der Waals surface area contributed by atoms with Crippen molar-refractivity contribution in [2.75, 3.05) is 23.0 Å². The maximum Gasteiger partial charge on any atom is 0.137 e. The lowest BCUT2D eigenvalue weighted by molar-refractivity contribution is 0.306. The quantitative estimate of drug-likeness (QED) is 0.122. The molecule has 72 heavy (non-hydrogen) atoms. The molecule has 1 aliphatic rings. The first-order valence-electron chi connectivity index (χ1n) is 26.8. The second kappa shape index (κ2) is 19.0. The van der Waals surface area contributed by atoms with E-state index in [-0.39, 0.29) is 10.8 Å². The van der Waals surface area contributed by atoms with Crippen LogP contribution < -0.4 is 14.5 Å². The molecule has 358 valence electrons. The van der Waals surface area contributed by atoms with Crippen molar-refractivity contribution < 1.29 is 8.85 Å². The van der Waals surface area contributed by atoms with Crippen LogP contribution in [0.15, 0.2) is 200 Å². The maximum absolute atomic E-state index is 8.66. The molecular formula is C67H64N4O. The van der Waals surface area contributed by atoms with E-state index in [4.69, 9.17) is 13.8 Å². The number of aromatic nitrogens is 2. The molecule has 5 heteroatoms. The molecule has 10 aromatic rings. The third-order valence-electron chi connectivity index (χ3n) is 14.4. The summed E-state index contributed by atoms with van der Waals surface area (Å²) in [5.74, 6) is 1.66. The molecule has 3 heterocycles. The van der Waals surface area contributed by atoms with Gasteiger partial charge in [0.1, 0.15) is 18.2 Å². The average molecular weight is 944 g/mol. The fourth-order valence-corrected chi connectivity index (χ4v) is 10.4. The maximum atomic E-state index is 8.66. The molecule has 0 fully saturated rings. The smallest absolute Gasteiger partial charge is 0.137 e. The zero-order valence-corrected chi connectivity index (χ0v) is 42.3. The number of nitrogens with zero attached hydrogens (tertiary/aromatic N) is 4. The van der Waals surface area contributed by atoms with Crippen LogP contribution >= 0.6 is 0 Å². The summed E-state index contributed by atoms with van der Waals surface area (Å²) >= 11 is 0. The fourth-order valence-electron chi connectivity index (χ4n) is 10.4. The number of benzene rings is 8. The Kier molecular flexibility index (Phi) is 11.3. The van der Waals surface area contributed by atoms with Gasteiger partial charge >= 0.3 is 0 Å². The second-order valence-corrected chi connectivity index (χ2v) is 21.4. The lowest BCUT2D eigenvalue weighted by Crippen LogP contribution is -2.29. The fraction of sp³-hybridized carbons (Fsp3) is 0.209. The molecule has 0 radical (unpaired) electrons. The number of hydrogen-bond donors (Lipinski definition) is 0. The Hall–Kier alpha value is -7.89. The number of aryl methyl sites for hydroxylation is 1. The lowest BCUT2D eigenvalue weighted by atomic mass is 9.82. The van der Waals surface area contributed by atoms with Gasteiger partial charge in [-0.3, -0.25) is 4.57 Å². The molecule has 0 atom stereocenters. The van der Waals surface area contributed by atoms with E-state index in [0.29, 0.717) is 25.3 Å². The Morgan fingerprint density at radius 2 is 1.28 bits per heavy atom. The average Bonchev–Trinajstić information content (AvgIpc) is 3.96. The van der Waals surface area contributed by atoms with Crippen LogP contribution in [0.1, 0.15) is 79.9 Å². The Bertz CT molecular complexity index is 3700. The van der Waals surface area contributed by atoms with Gasteiger partial charge in [0.15, 0.2) is 0 Å². The lowest BCUT2D eigenvalue weighted by Gasteiger charge is -2.24. The Labute approximate surface area is 430 Å². The van der Waals surface area contributed by atoms with E-state index in [2.05, 4.69) is 232 Å². The minimum atomic E-state index is -2.25. The summed E-state index contributed by atoms with van der Waals surface area (Å²) < 4.78 is 34.9. The molecule has 11 rings (SSSR count). The molecule has 0 bridgehead atoms. The van der Waals surface area contributed by atoms with E-state index in [1.165, 1.54) is 22.3 Å². The number of hydrogen-bond acceptors (Lipinski definition) is 4. The number of anilines is 3. The third-order valence-corrected chi connectivity index (χ3v) is 14.4. The topological polar surface area (TPSA) is 33.5 Å². The van der Waals surface area contributed by atoms with Crippen LogP contribution in [0.3, 0.4) is 0 Å². The molecule has 8 aromatic carbocycles. The Morgan fingerprint density at radius 3 is 2.04 bits per heavy atom. The summed E-state index contributed by atoms with van der Waals surface area (Å²) in [4.78, 5) is 9.73. The van der Waals surface area contributed by atoms with Crippen LogP contribution in [0.5, 0.6) is 5.75 Å². The number of fused-ring (bicyclic) bond motifs is 4. The van der Waals surface area contributed by atoms with E-state index in [1.807, 2.05) is 18.3 Å². The predicted molar refractivity (Wildman–Crippen MR) is 303 cm³/mol. The molecule has 1 aliphatic heterocycles. The summed E-state index contributed by atoms with van der Waals surface area (Å²) in [5, 5.41) is 2.31. The van der Waals surface area contributed by atoms with Crippen LogP contribution in [-0.4, -0.2) is 22.8 Å². The van der Waals surface area contributed by atoms with E-state index < -0.39 is 6.85 Å². The number of pyridine rings is 1. The van der Waals surface area contributed by atoms with Crippen LogP contribution in [0, 0.1) is 6.85 Å². The van der Waals surface area contributed by atoms with Gasteiger partial charge in [-0.2, -0.15) is 0 Å². The summed E-state index contributed by atoms with van der Waals surface area (Å²) in [6.45, 7) is 13.0. The molecule has 0 amide bonds. The minimum absolute atomic E-state index is 0.0378. The van der Waals surface area contributed by atoms with E-state index in [9.17, 15) is 0 Å². The van der Waals surface area contributed by atoms with Crippen LogP contribution in [0.25, 0.3) is 61.0 Å². The highest BCUT2D eigenvalue weighted by atomic mass is 16.5. The summed E-state index contributed by atoms with van der Waals surface area (Å²) in [5.41, 5.74) is 16.9. The molecule has 0 unspecified atom stereocenters. The molecule has 0 saturated heterocycles. The van der Waals surface area contributed by atoms with Gasteiger partial charge in [-0.1, -0.05) is 163 Å². The zero-order valence-electron chi connectivity index (χ0n) is 45.3. The van der Waals surface area contributed by atoms with Crippen molar-refractivity contribution in [3.05, 3.63) is 228 Å². The highest BCUT2D eigenvalue weighted by molar-refractivity contribution is 6.10. The predicted octanol–water partition coefficient (Wildman–Crippen LogP) is 17.2. The standard InChI is InChI=1S/C67H64N4O/c1-46-19-16-26-58(52-38-51(49-23-12-9-13-24-49)39-54(40-52)67(5,6)7)57(46)27-18-36-69-45-70(63-29-15-14-28-62(63)69)55-25-17-20-47(37-55)44-72-56-31-32-59-60-41-50(48-21-10-8-11-22-48)30-33-61(60)71(64(59)43-56)65-42-53(34-35-68-65)66(2,3)4/h8-17,19-26,28-35,37-43H,18,27,36,44-45H2,1-7H3/i1D3. The third kappa shape index (κ3) is 9.28. The van der Waals surface area contributed by atoms with Gasteiger partial charge in [-0.15, -0.1) is 0 Å². The van der Waals surface area contributed by atoms with E-state index in [1.54, 1.807) is 6.07 Å². The SMILES string of the molecule is [2H]C([2H])([2H])c1cccc(-c2cc(-c3ccccc3)cc(C(C)(C)C)c2)c1CCCN1CN(c2cccc(COc3ccc4c5cc(-c6ccccc6)ccc5n(-c5cc(C(C)(C)C)ccn5)c4c3)c2)c2ccccc21. The first kappa shape index (κ1) is 42.9. The van der Waals surface area contributed by atoms with Crippen molar-refractivity contribution in [2.24, 2.45) is 0 Å². The van der Waals surface area contributed by atoms with Gasteiger partial charge < -0.3 is 14.5 Å². The highest BCUT2D eigenvalue weighted by Gasteiger charge is 2.27. The van der Waals surface area contributed by atoms with Crippen molar-refractivity contribution in [3.8, 4) is 44.9 Å². The summed E-state index contributed by atoms with van der Waals surface area (Å²) in [6, 6.07) is 68.3. The van der Waals surface area contributed by atoms with Gasteiger partial charge in [-0.05, 0) is 158 Å². The van der Waals surface area contributed by atoms with Gasteiger partial charge in [0.25, 0.3) is 0 Å². The molecule has 2 aromatic heterocycles. The number of ether oxygens (including phenoxy) is 1. The summed E-state index contributed by atoms with van der Waals surface area (Å²) in [6.07, 6.45) is 3.32. The highest BCUT2D eigenvalue weighted by Crippen LogP contribution is 2.42. The zero-order chi connectivity index (χ0) is 52.1. The van der Waals surface area contributed by atoms with Gasteiger partial charge in [-0.25, -0.2) is 4.98 Å². The van der Waals surface area contributed by atoms with Crippen molar-refractivity contribution in [1.82, 2.24) is 9.55 Å². The largest absolute Gasteiger partial charge is 0.489 e. The van der Waals surface area contributed by atoms with Gasteiger partial charge in [0.2, 0.25) is 0 Å². The first-order chi connectivity index (χ1) is 36.1. The minimum Gasteiger partial charge on any atom is -0.489 e. The van der Waals surface area contributed by atoms with Crippen molar-refractivity contribution in [3.63, 3.8) is 0 Å². The first-order valence-corrected chi connectivity index (χ1v) is 25.3. The molecule has 0 aliphatic carbocycles. The Balaban J connectivity index is 0.849. The van der Waals surface area contributed by atoms with Crippen molar-refractivity contribution in [2.45, 2.75) is 78.7 Å². The monoisotopic (exact) mass is 944 g/mol. The number of para-hydroxylation sites is 2. The van der Waals surface area contributed by atoms with Crippen LogP contribution in [0.2, 0.25) is 0 Å². The molecule has 0 saturated carbocycles. The van der Waals surface area contributed by atoms with E-state index in [0.717, 1.165) is 96.8 Å². The molecule has 0 N–H and O–H groups in total. The molecule has 5 nitrogen and oxygen atoms in total. The van der Waals surface area contributed by atoms with Crippen molar-refractivity contribution in [1.29, 1.82) is 0 Å².